The topological polar surface area (TPSA) is 49.4 Å². The summed E-state index contributed by atoms with van der Waals surface area (Å²) >= 11 is 1.60. The molecule has 1 heterocycles. The van der Waals surface area contributed by atoms with Crippen molar-refractivity contribution >= 4 is 23.2 Å². The number of hydrogen-bond acceptors (Lipinski definition) is 3. The summed E-state index contributed by atoms with van der Waals surface area (Å²) < 4.78 is 0. The minimum absolute atomic E-state index is 0.102. The fourth-order valence-electron chi connectivity index (χ4n) is 2.88. The Balaban J connectivity index is 1.76. The van der Waals surface area contributed by atoms with Gasteiger partial charge in [0.15, 0.2) is 0 Å². The van der Waals surface area contributed by atoms with Gasteiger partial charge < -0.3 is 10.2 Å². The second-order valence-electron chi connectivity index (χ2n) is 6.41. The summed E-state index contributed by atoms with van der Waals surface area (Å²) in [4.78, 5) is 27.3. The normalized spacial score (nSPS) is 11.6. The van der Waals surface area contributed by atoms with E-state index in [1.54, 1.807) is 35.4 Å². The van der Waals surface area contributed by atoms with Gasteiger partial charge >= 0.3 is 0 Å². The molecule has 5 heteroatoms. The standard InChI is InChI=1S/C22H22N2O2S/c1-24(15-18-12-13-27-16-18)22(26)20(14-17-8-4-2-5-9-17)23-21(25)19-10-6-3-7-11-19/h2-13,16,20H,14-15H2,1H3,(H,23,25)/t20-/m1/s1. The monoisotopic (exact) mass is 378 g/mol. The number of benzene rings is 2. The van der Waals surface area contributed by atoms with Crippen LogP contribution in [0.1, 0.15) is 21.5 Å². The van der Waals surface area contributed by atoms with Gasteiger partial charge in [-0.25, -0.2) is 0 Å². The van der Waals surface area contributed by atoms with Crippen molar-refractivity contribution < 1.29 is 9.59 Å². The minimum atomic E-state index is -0.622. The summed E-state index contributed by atoms with van der Waals surface area (Å²) in [5.74, 6) is -0.344. The first-order valence-electron chi connectivity index (χ1n) is 8.79. The maximum atomic E-state index is 13.1. The molecule has 0 bridgehead atoms. The molecule has 0 saturated heterocycles. The summed E-state index contributed by atoms with van der Waals surface area (Å²) in [7, 11) is 1.77. The third-order valence-corrected chi connectivity index (χ3v) is 5.03. The lowest BCUT2D eigenvalue weighted by Gasteiger charge is -2.24. The second-order valence-corrected chi connectivity index (χ2v) is 7.19. The van der Waals surface area contributed by atoms with Crippen molar-refractivity contribution in [2.24, 2.45) is 0 Å². The molecular formula is C22H22N2O2S. The first-order chi connectivity index (χ1) is 13.1. The molecule has 2 aromatic carbocycles. The van der Waals surface area contributed by atoms with Gasteiger partial charge in [-0.1, -0.05) is 48.5 Å². The third-order valence-electron chi connectivity index (χ3n) is 4.30. The zero-order valence-corrected chi connectivity index (χ0v) is 16.0. The number of carbonyl (C=O) groups excluding carboxylic acids is 2. The van der Waals surface area contributed by atoms with E-state index in [0.29, 0.717) is 18.5 Å². The molecule has 0 aliphatic heterocycles. The van der Waals surface area contributed by atoms with Crippen LogP contribution in [0.15, 0.2) is 77.5 Å². The number of hydrogen-bond donors (Lipinski definition) is 1. The third kappa shape index (κ3) is 5.28. The van der Waals surface area contributed by atoms with Crippen LogP contribution in [0.4, 0.5) is 0 Å². The Morgan fingerprint density at radius 1 is 0.963 bits per heavy atom. The fraction of sp³-hybridized carbons (Fsp3) is 0.182. The van der Waals surface area contributed by atoms with E-state index in [1.807, 2.05) is 65.4 Å². The molecule has 27 heavy (non-hydrogen) atoms. The number of rotatable bonds is 7. The largest absolute Gasteiger partial charge is 0.340 e. The summed E-state index contributed by atoms with van der Waals surface area (Å²) in [5.41, 5.74) is 2.64. The first kappa shape index (κ1) is 18.9. The van der Waals surface area contributed by atoms with Gasteiger partial charge in [0, 0.05) is 25.6 Å². The molecule has 0 unspecified atom stereocenters. The molecule has 0 fully saturated rings. The van der Waals surface area contributed by atoms with Crippen LogP contribution in [0.3, 0.4) is 0 Å². The van der Waals surface area contributed by atoms with Gasteiger partial charge in [-0.15, -0.1) is 0 Å². The van der Waals surface area contributed by atoms with Crippen molar-refractivity contribution in [3.05, 3.63) is 94.2 Å². The number of nitrogens with zero attached hydrogens (tertiary/aromatic N) is 1. The summed E-state index contributed by atoms with van der Waals surface area (Å²) in [6.45, 7) is 0.523. The summed E-state index contributed by atoms with van der Waals surface area (Å²) in [6, 6.07) is 20.1. The van der Waals surface area contributed by atoms with Gasteiger partial charge in [-0.3, -0.25) is 9.59 Å². The SMILES string of the molecule is CN(Cc1ccsc1)C(=O)[C@@H](Cc1ccccc1)NC(=O)c1ccccc1. The highest BCUT2D eigenvalue weighted by Gasteiger charge is 2.25. The Hall–Kier alpha value is -2.92. The number of amides is 2. The van der Waals surface area contributed by atoms with E-state index in [4.69, 9.17) is 0 Å². The average molecular weight is 378 g/mol. The van der Waals surface area contributed by atoms with E-state index in [9.17, 15) is 9.59 Å². The van der Waals surface area contributed by atoms with E-state index in [1.165, 1.54) is 0 Å². The zero-order valence-electron chi connectivity index (χ0n) is 15.2. The van der Waals surface area contributed by atoms with Crippen LogP contribution in [-0.4, -0.2) is 29.8 Å². The maximum absolute atomic E-state index is 13.1. The molecule has 0 saturated carbocycles. The van der Waals surface area contributed by atoms with Crippen LogP contribution < -0.4 is 5.32 Å². The fourth-order valence-corrected chi connectivity index (χ4v) is 3.54. The molecular weight excluding hydrogens is 356 g/mol. The van der Waals surface area contributed by atoms with Crippen molar-refractivity contribution in [2.45, 2.75) is 19.0 Å². The van der Waals surface area contributed by atoms with E-state index in [0.717, 1.165) is 11.1 Å². The summed E-state index contributed by atoms with van der Waals surface area (Å²) in [5, 5.41) is 6.93. The van der Waals surface area contributed by atoms with E-state index in [2.05, 4.69) is 5.32 Å². The highest BCUT2D eigenvalue weighted by Crippen LogP contribution is 2.12. The van der Waals surface area contributed by atoms with Crippen molar-refractivity contribution in [1.82, 2.24) is 10.2 Å². The Kier molecular flexibility index (Phi) is 6.39. The van der Waals surface area contributed by atoms with Gasteiger partial charge in [0.1, 0.15) is 6.04 Å². The van der Waals surface area contributed by atoms with E-state index >= 15 is 0 Å². The van der Waals surface area contributed by atoms with Crippen molar-refractivity contribution in [3.8, 4) is 0 Å². The van der Waals surface area contributed by atoms with Crippen LogP contribution in [0.5, 0.6) is 0 Å². The van der Waals surface area contributed by atoms with Crippen LogP contribution in [0, 0.1) is 0 Å². The molecule has 3 rings (SSSR count). The number of nitrogens with one attached hydrogen (secondary N) is 1. The number of carbonyl (C=O) groups is 2. The average Bonchev–Trinajstić information content (AvgIpc) is 3.21. The molecule has 0 spiro atoms. The molecule has 0 radical (unpaired) electrons. The highest BCUT2D eigenvalue weighted by atomic mass is 32.1. The molecule has 0 aliphatic carbocycles. The quantitative estimate of drug-likeness (QED) is 0.681. The van der Waals surface area contributed by atoms with E-state index < -0.39 is 6.04 Å². The minimum Gasteiger partial charge on any atom is -0.340 e. The number of thiophene rings is 1. The van der Waals surface area contributed by atoms with Crippen LogP contribution in [0.25, 0.3) is 0 Å². The highest BCUT2D eigenvalue weighted by molar-refractivity contribution is 7.07. The van der Waals surface area contributed by atoms with Crippen LogP contribution >= 0.6 is 11.3 Å². The zero-order chi connectivity index (χ0) is 19.1. The van der Waals surface area contributed by atoms with Crippen molar-refractivity contribution in [3.63, 3.8) is 0 Å². The van der Waals surface area contributed by atoms with Crippen LogP contribution in [0.2, 0.25) is 0 Å². The van der Waals surface area contributed by atoms with Gasteiger partial charge in [-0.05, 0) is 40.1 Å². The molecule has 1 N–H and O–H groups in total. The second kappa shape index (κ2) is 9.14. The molecule has 1 atom stereocenters. The molecule has 138 valence electrons. The van der Waals surface area contributed by atoms with Crippen molar-refractivity contribution in [2.75, 3.05) is 7.05 Å². The lowest BCUT2D eigenvalue weighted by atomic mass is 10.0. The van der Waals surface area contributed by atoms with Crippen molar-refractivity contribution in [1.29, 1.82) is 0 Å². The number of likely N-dealkylation sites (N-methyl/N-ethyl adjacent to an activating group) is 1. The van der Waals surface area contributed by atoms with Gasteiger partial charge in [0.05, 0.1) is 0 Å². The lowest BCUT2D eigenvalue weighted by molar-refractivity contribution is -0.132. The van der Waals surface area contributed by atoms with Gasteiger partial charge in [0.2, 0.25) is 5.91 Å². The van der Waals surface area contributed by atoms with Gasteiger partial charge in [0.25, 0.3) is 5.91 Å². The van der Waals surface area contributed by atoms with E-state index in [-0.39, 0.29) is 11.8 Å². The lowest BCUT2D eigenvalue weighted by Crippen LogP contribution is -2.48. The molecule has 0 aliphatic rings. The predicted molar refractivity (Wildman–Crippen MR) is 109 cm³/mol. The van der Waals surface area contributed by atoms with Crippen LogP contribution in [-0.2, 0) is 17.8 Å². The smallest absolute Gasteiger partial charge is 0.251 e. The molecule has 4 nitrogen and oxygen atoms in total. The summed E-state index contributed by atoms with van der Waals surface area (Å²) in [6.07, 6.45) is 0.451. The Bertz CT molecular complexity index is 864. The Morgan fingerprint density at radius 3 is 2.26 bits per heavy atom. The first-order valence-corrected chi connectivity index (χ1v) is 9.73. The van der Waals surface area contributed by atoms with Gasteiger partial charge in [-0.2, -0.15) is 11.3 Å². The molecule has 1 aromatic heterocycles. The Morgan fingerprint density at radius 2 is 1.63 bits per heavy atom. The Labute approximate surface area is 163 Å². The maximum Gasteiger partial charge on any atom is 0.251 e. The molecule has 2 amide bonds. The molecule has 3 aromatic rings. The predicted octanol–water partition coefficient (Wildman–Crippen LogP) is 3.75.